The first kappa shape index (κ1) is 14.2. The fourth-order valence-corrected chi connectivity index (χ4v) is 2.46. The van der Waals surface area contributed by atoms with Crippen LogP contribution < -0.4 is 20.1 Å². The summed E-state index contributed by atoms with van der Waals surface area (Å²) in [4.78, 5) is 0. The lowest BCUT2D eigenvalue weighted by Crippen LogP contribution is -2.40. The Morgan fingerprint density at radius 2 is 1.74 bits per heavy atom. The number of nitrogens with one attached hydrogen (secondary N) is 2. The fraction of sp³-hybridized carbons (Fsp3) is 0.600. The molecule has 0 bridgehead atoms. The van der Waals surface area contributed by atoms with E-state index >= 15 is 0 Å². The third-order valence-corrected chi connectivity index (χ3v) is 3.60. The number of hydrogen-bond donors (Lipinski definition) is 2. The summed E-state index contributed by atoms with van der Waals surface area (Å²) in [5.74, 6) is 1.72. The Labute approximate surface area is 115 Å². The second-order valence-electron chi connectivity index (χ2n) is 4.95. The predicted octanol–water partition coefficient (Wildman–Crippen LogP) is 1.59. The Morgan fingerprint density at radius 1 is 1.11 bits per heavy atom. The summed E-state index contributed by atoms with van der Waals surface area (Å²) in [6.45, 7) is 3.26. The van der Waals surface area contributed by atoms with Crippen LogP contribution in [0.2, 0.25) is 0 Å². The van der Waals surface area contributed by atoms with Crippen LogP contribution >= 0.6 is 0 Å². The number of ether oxygens (including phenoxy) is 2. The van der Waals surface area contributed by atoms with Crippen molar-refractivity contribution in [1.82, 2.24) is 10.6 Å². The van der Waals surface area contributed by atoms with Gasteiger partial charge >= 0.3 is 0 Å². The number of piperidine rings is 1. The van der Waals surface area contributed by atoms with Gasteiger partial charge in [-0.3, -0.25) is 0 Å². The SMILES string of the molecule is COc1cc(CCNC2CCNCC2)cc(OC)c1. The van der Waals surface area contributed by atoms with Crippen molar-refractivity contribution in [3.8, 4) is 11.5 Å². The molecule has 4 nitrogen and oxygen atoms in total. The highest BCUT2D eigenvalue weighted by molar-refractivity contribution is 5.38. The molecular formula is C15H24N2O2. The Kier molecular flexibility index (Phi) is 5.48. The van der Waals surface area contributed by atoms with Crippen molar-refractivity contribution >= 4 is 0 Å². The van der Waals surface area contributed by atoms with E-state index in [4.69, 9.17) is 9.47 Å². The third kappa shape index (κ3) is 4.40. The number of rotatable bonds is 6. The van der Waals surface area contributed by atoms with Crippen molar-refractivity contribution in [3.63, 3.8) is 0 Å². The van der Waals surface area contributed by atoms with Crippen LogP contribution in [0.3, 0.4) is 0 Å². The molecule has 1 aliphatic heterocycles. The molecule has 0 atom stereocenters. The Hall–Kier alpha value is -1.26. The minimum atomic E-state index is 0.661. The van der Waals surface area contributed by atoms with Gasteiger partial charge in [0.25, 0.3) is 0 Å². The minimum absolute atomic E-state index is 0.661. The first-order valence-corrected chi connectivity index (χ1v) is 6.98. The van der Waals surface area contributed by atoms with Crippen LogP contribution in [0.15, 0.2) is 18.2 Å². The zero-order valence-corrected chi connectivity index (χ0v) is 11.9. The lowest BCUT2D eigenvalue weighted by molar-refractivity contribution is 0.386. The van der Waals surface area contributed by atoms with Gasteiger partial charge in [-0.1, -0.05) is 0 Å². The van der Waals surface area contributed by atoms with Gasteiger partial charge in [0.2, 0.25) is 0 Å². The van der Waals surface area contributed by atoms with Gasteiger partial charge in [0, 0.05) is 12.1 Å². The largest absolute Gasteiger partial charge is 0.497 e. The first-order chi connectivity index (χ1) is 9.31. The lowest BCUT2D eigenvalue weighted by atomic mass is 10.1. The van der Waals surface area contributed by atoms with E-state index in [1.54, 1.807) is 14.2 Å². The molecule has 2 rings (SSSR count). The van der Waals surface area contributed by atoms with Gasteiger partial charge in [0.15, 0.2) is 0 Å². The Bertz CT molecular complexity index is 367. The monoisotopic (exact) mass is 264 g/mol. The van der Waals surface area contributed by atoms with Crippen LogP contribution in [-0.4, -0.2) is 39.9 Å². The number of benzene rings is 1. The van der Waals surface area contributed by atoms with Gasteiger partial charge < -0.3 is 20.1 Å². The molecule has 4 heteroatoms. The van der Waals surface area contributed by atoms with Gasteiger partial charge in [-0.05, 0) is 56.6 Å². The summed E-state index contributed by atoms with van der Waals surface area (Å²) in [5, 5.41) is 7.00. The molecule has 0 spiro atoms. The van der Waals surface area contributed by atoms with E-state index in [1.807, 2.05) is 6.07 Å². The standard InChI is InChI=1S/C15H24N2O2/c1-18-14-9-12(10-15(11-14)19-2)3-8-17-13-4-6-16-7-5-13/h9-11,13,16-17H,3-8H2,1-2H3. The summed E-state index contributed by atoms with van der Waals surface area (Å²) in [5.41, 5.74) is 1.25. The molecule has 0 radical (unpaired) electrons. The van der Waals surface area contributed by atoms with E-state index in [9.17, 15) is 0 Å². The summed E-state index contributed by atoms with van der Waals surface area (Å²) in [6, 6.07) is 6.72. The van der Waals surface area contributed by atoms with Crippen molar-refractivity contribution in [2.24, 2.45) is 0 Å². The molecule has 1 aromatic rings. The van der Waals surface area contributed by atoms with Crippen LogP contribution in [0, 0.1) is 0 Å². The molecule has 2 N–H and O–H groups in total. The quantitative estimate of drug-likeness (QED) is 0.819. The molecule has 1 aliphatic rings. The van der Waals surface area contributed by atoms with Crippen LogP contribution in [0.5, 0.6) is 11.5 Å². The Balaban J connectivity index is 1.84. The summed E-state index contributed by atoms with van der Waals surface area (Å²) in [6.07, 6.45) is 3.44. The highest BCUT2D eigenvalue weighted by Gasteiger charge is 2.11. The minimum Gasteiger partial charge on any atom is -0.497 e. The predicted molar refractivity (Wildman–Crippen MR) is 77.1 cm³/mol. The smallest absolute Gasteiger partial charge is 0.122 e. The van der Waals surface area contributed by atoms with Crippen LogP contribution in [0.1, 0.15) is 18.4 Å². The maximum atomic E-state index is 5.28. The zero-order valence-electron chi connectivity index (χ0n) is 11.9. The molecular weight excluding hydrogens is 240 g/mol. The highest BCUT2D eigenvalue weighted by atomic mass is 16.5. The maximum absolute atomic E-state index is 5.28. The molecule has 0 amide bonds. The van der Waals surface area contributed by atoms with E-state index in [0.717, 1.165) is 37.6 Å². The van der Waals surface area contributed by atoms with E-state index in [-0.39, 0.29) is 0 Å². The van der Waals surface area contributed by atoms with Crippen molar-refractivity contribution < 1.29 is 9.47 Å². The molecule has 0 saturated carbocycles. The molecule has 106 valence electrons. The molecule has 0 aliphatic carbocycles. The number of methoxy groups -OCH3 is 2. The topological polar surface area (TPSA) is 42.5 Å². The zero-order chi connectivity index (χ0) is 13.5. The van der Waals surface area contributed by atoms with Crippen molar-refractivity contribution in [2.75, 3.05) is 33.9 Å². The van der Waals surface area contributed by atoms with Crippen LogP contribution in [0.4, 0.5) is 0 Å². The van der Waals surface area contributed by atoms with Crippen molar-refractivity contribution in [3.05, 3.63) is 23.8 Å². The number of hydrogen-bond acceptors (Lipinski definition) is 4. The highest BCUT2D eigenvalue weighted by Crippen LogP contribution is 2.22. The molecule has 1 fully saturated rings. The maximum Gasteiger partial charge on any atom is 0.122 e. The molecule has 1 heterocycles. The summed E-state index contributed by atoms with van der Waals surface area (Å²) in [7, 11) is 3.37. The van der Waals surface area contributed by atoms with Crippen molar-refractivity contribution in [1.29, 1.82) is 0 Å². The van der Waals surface area contributed by atoms with E-state index in [1.165, 1.54) is 18.4 Å². The van der Waals surface area contributed by atoms with Gasteiger partial charge in [0.1, 0.15) is 11.5 Å². The first-order valence-electron chi connectivity index (χ1n) is 6.98. The average Bonchev–Trinajstić information content (AvgIpc) is 2.48. The van der Waals surface area contributed by atoms with E-state index < -0.39 is 0 Å². The molecule has 1 aromatic carbocycles. The molecule has 19 heavy (non-hydrogen) atoms. The van der Waals surface area contributed by atoms with Gasteiger partial charge in [-0.25, -0.2) is 0 Å². The molecule has 1 saturated heterocycles. The fourth-order valence-electron chi connectivity index (χ4n) is 2.46. The van der Waals surface area contributed by atoms with Gasteiger partial charge in [0.05, 0.1) is 14.2 Å². The molecule has 0 aromatic heterocycles. The van der Waals surface area contributed by atoms with E-state index in [2.05, 4.69) is 22.8 Å². The van der Waals surface area contributed by atoms with Gasteiger partial charge in [-0.15, -0.1) is 0 Å². The third-order valence-electron chi connectivity index (χ3n) is 3.60. The molecule has 0 unspecified atom stereocenters. The average molecular weight is 264 g/mol. The van der Waals surface area contributed by atoms with Crippen LogP contribution in [-0.2, 0) is 6.42 Å². The van der Waals surface area contributed by atoms with Crippen molar-refractivity contribution in [2.45, 2.75) is 25.3 Å². The second kappa shape index (κ2) is 7.36. The van der Waals surface area contributed by atoms with Gasteiger partial charge in [-0.2, -0.15) is 0 Å². The Morgan fingerprint density at radius 3 is 2.32 bits per heavy atom. The lowest BCUT2D eigenvalue weighted by Gasteiger charge is -2.23. The summed E-state index contributed by atoms with van der Waals surface area (Å²) >= 11 is 0. The second-order valence-corrected chi connectivity index (χ2v) is 4.95. The normalized spacial score (nSPS) is 16.3. The van der Waals surface area contributed by atoms with Crippen LogP contribution in [0.25, 0.3) is 0 Å². The van der Waals surface area contributed by atoms with E-state index in [0.29, 0.717) is 6.04 Å². The summed E-state index contributed by atoms with van der Waals surface area (Å²) < 4.78 is 10.6.